The molecule has 2 heterocycles. The van der Waals surface area contributed by atoms with Gasteiger partial charge in [-0.15, -0.1) is 0 Å². The van der Waals surface area contributed by atoms with E-state index in [1.807, 2.05) is 6.07 Å². The third-order valence-corrected chi connectivity index (χ3v) is 4.01. The molecule has 4 rings (SSSR count). The van der Waals surface area contributed by atoms with Gasteiger partial charge in [-0.1, -0.05) is 12.1 Å². The number of ketones is 1. The van der Waals surface area contributed by atoms with E-state index in [2.05, 4.69) is 10.1 Å². The molecule has 0 radical (unpaired) electrons. The Labute approximate surface area is 126 Å². The fourth-order valence-corrected chi connectivity index (χ4v) is 2.56. The third-order valence-electron chi connectivity index (χ3n) is 4.01. The third kappa shape index (κ3) is 2.39. The second kappa shape index (κ2) is 5.02. The van der Waals surface area contributed by atoms with Crippen LogP contribution in [0.2, 0.25) is 0 Å². The maximum Gasteiger partial charge on any atom is 0.157 e. The van der Waals surface area contributed by atoms with Crippen molar-refractivity contribution >= 4 is 16.8 Å². The SMILES string of the molecule is O=C(Cn1ncc2ncc(-c3ccc(F)cc3)cc21)C1CC1. The van der Waals surface area contributed by atoms with Crippen LogP contribution in [0.15, 0.2) is 42.7 Å². The van der Waals surface area contributed by atoms with Crippen LogP contribution in [0.5, 0.6) is 0 Å². The number of halogens is 1. The van der Waals surface area contributed by atoms with Gasteiger partial charge in [0.1, 0.15) is 17.9 Å². The highest BCUT2D eigenvalue weighted by atomic mass is 19.1. The molecule has 0 amide bonds. The largest absolute Gasteiger partial charge is 0.297 e. The Kier molecular flexibility index (Phi) is 2.99. The number of hydrogen-bond donors (Lipinski definition) is 0. The molecule has 0 aliphatic heterocycles. The molecule has 110 valence electrons. The standard InChI is InChI=1S/C17H14FN3O/c18-14-5-3-11(4-6-14)13-7-16-15(19-8-13)9-20-21(16)10-17(22)12-1-2-12/h3-9,12H,1-2,10H2. The van der Waals surface area contributed by atoms with Crippen molar-refractivity contribution in [2.75, 3.05) is 0 Å². The number of fused-ring (bicyclic) bond motifs is 1. The summed E-state index contributed by atoms with van der Waals surface area (Å²) >= 11 is 0. The molecule has 0 saturated heterocycles. The van der Waals surface area contributed by atoms with Gasteiger partial charge in [0, 0.05) is 17.7 Å². The summed E-state index contributed by atoms with van der Waals surface area (Å²) in [5.74, 6) is 0.183. The van der Waals surface area contributed by atoms with Crippen molar-refractivity contribution in [3.05, 3.63) is 48.5 Å². The van der Waals surface area contributed by atoms with Gasteiger partial charge in [0.15, 0.2) is 5.78 Å². The van der Waals surface area contributed by atoms with Crippen LogP contribution < -0.4 is 0 Å². The van der Waals surface area contributed by atoms with Crippen molar-refractivity contribution < 1.29 is 9.18 Å². The molecular formula is C17H14FN3O. The number of benzene rings is 1. The molecular weight excluding hydrogens is 281 g/mol. The molecule has 1 aliphatic carbocycles. The summed E-state index contributed by atoms with van der Waals surface area (Å²) in [6.07, 6.45) is 5.41. The summed E-state index contributed by atoms with van der Waals surface area (Å²) in [5, 5.41) is 4.27. The minimum absolute atomic E-state index is 0.215. The lowest BCUT2D eigenvalue weighted by Gasteiger charge is -2.05. The smallest absolute Gasteiger partial charge is 0.157 e. The summed E-state index contributed by atoms with van der Waals surface area (Å²) in [7, 11) is 0. The van der Waals surface area contributed by atoms with Crippen LogP contribution in [-0.2, 0) is 11.3 Å². The van der Waals surface area contributed by atoms with E-state index < -0.39 is 0 Å². The second-order valence-corrected chi connectivity index (χ2v) is 5.68. The average Bonchev–Trinajstić information content (AvgIpc) is 3.31. The fourth-order valence-electron chi connectivity index (χ4n) is 2.56. The monoisotopic (exact) mass is 295 g/mol. The molecule has 3 aromatic rings. The molecule has 22 heavy (non-hydrogen) atoms. The molecule has 2 aromatic heterocycles. The lowest BCUT2D eigenvalue weighted by molar-refractivity contribution is -0.120. The predicted molar refractivity (Wildman–Crippen MR) is 80.7 cm³/mol. The Morgan fingerprint density at radius 1 is 1.18 bits per heavy atom. The highest BCUT2D eigenvalue weighted by Crippen LogP contribution is 2.30. The van der Waals surface area contributed by atoms with Crippen molar-refractivity contribution in [2.24, 2.45) is 5.92 Å². The van der Waals surface area contributed by atoms with E-state index in [4.69, 9.17) is 0 Å². The quantitative estimate of drug-likeness (QED) is 0.742. The molecule has 1 fully saturated rings. The van der Waals surface area contributed by atoms with Crippen molar-refractivity contribution in [3.63, 3.8) is 0 Å². The molecule has 4 nitrogen and oxygen atoms in total. The lowest BCUT2D eigenvalue weighted by atomic mass is 10.1. The van der Waals surface area contributed by atoms with Crippen molar-refractivity contribution in [1.29, 1.82) is 0 Å². The van der Waals surface area contributed by atoms with Gasteiger partial charge in [-0.3, -0.25) is 14.5 Å². The minimum atomic E-state index is -0.266. The molecule has 0 spiro atoms. The maximum atomic E-state index is 13.0. The number of aromatic nitrogens is 3. The zero-order chi connectivity index (χ0) is 15.1. The Balaban J connectivity index is 1.72. The Bertz CT molecular complexity index is 850. The normalized spacial score (nSPS) is 14.4. The molecule has 0 unspecified atom stereocenters. The molecule has 0 bridgehead atoms. The Morgan fingerprint density at radius 2 is 1.95 bits per heavy atom. The Hall–Kier alpha value is -2.56. The van der Waals surface area contributed by atoms with Crippen LogP contribution in [0.1, 0.15) is 12.8 Å². The van der Waals surface area contributed by atoms with E-state index in [1.54, 1.807) is 29.2 Å². The van der Waals surface area contributed by atoms with E-state index in [-0.39, 0.29) is 17.5 Å². The zero-order valence-electron chi connectivity index (χ0n) is 11.9. The average molecular weight is 295 g/mol. The highest BCUT2D eigenvalue weighted by molar-refractivity contribution is 5.86. The van der Waals surface area contributed by atoms with E-state index in [1.165, 1.54) is 12.1 Å². The number of Topliss-reactive ketones (excluding diaryl/α,β-unsaturated/α-hetero) is 1. The maximum absolute atomic E-state index is 13.0. The van der Waals surface area contributed by atoms with Gasteiger partial charge in [0.2, 0.25) is 0 Å². The first-order chi connectivity index (χ1) is 10.7. The second-order valence-electron chi connectivity index (χ2n) is 5.68. The molecule has 1 aromatic carbocycles. The lowest BCUT2D eigenvalue weighted by Crippen LogP contribution is -2.12. The summed E-state index contributed by atoms with van der Waals surface area (Å²) in [4.78, 5) is 16.4. The molecule has 1 aliphatic rings. The number of nitrogens with zero attached hydrogens (tertiary/aromatic N) is 3. The summed E-state index contributed by atoms with van der Waals surface area (Å²) < 4.78 is 14.7. The first-order valence-corrected chi connectivity index (χ1v) is 7.31. The van der Waals surface area contributed by atoms with Crippen LogP contribution >= 0.6 is 0 Å². The van der Waals surface area contributed by atoms with Gasteiger partial charge in [-0.05, 0) is 36.6 Å². The fraction of sp³-hybridized carbons (Fsp3) is 0.235. The number of rotatable bonds is 4. The molecule has 1 saturated carbocycles. The minimum Gasteiger partial charge on any atom is -0.297 e. The zero-order valence-corrected chi connectivity index (χ0v) is 11.9. The first-order valence-electron chi connectivity index (χ1n) is 7.31. The number of pyridine rings is 1. The van der Waals surface area contributed by atoms with Crippen LogP contribution in [0, 0.1) is 11.7 Å². The van der Waals surface area contributed by atoms with Gasteiger partial charge in [-0.2, -0.15) is 5.10 Å². The van der Waals surface area contributed by atoms with Crippen molar-refractivity contribution in [2.45, 2.75) is 19.4 Å². The van der Waals surface area contributed by atoms with Crippen molar-refractivity contribution in [1.82, 2.24) is 14.8 Å². The van der Waals surface area contributed by atoms with Crippen LogP contribution in [-0.4, -0.2) is 20.5 Å². The van der Waals surface area contributed by atoms with Gasteiger partial charge in [0.05, 0.1) is 11.7 Å². The van der Waals surface area contributed by atoms with Crippen molar-refractivity contribution in [3.8, 4) is 11.1 Å². The number of hydrogen-bond acceptors (Lipinski definition) is 3. The summed E-state index contributed by atoms with van der Waals surface area (Å²) in [5.41, 5.74) is 3.36. The molecule has 0 atom stereocenters. The highest BCUT2D eigenvalue weighted by Gasteiger charge is 2.29. The van der Waals surface area contributed by atoms with Gasteiger partial charge in [0.25, 0.3) is 0 Å². The molecule has 0 N–H and O–H groups in total. The van der Waals surface area contributed by atoms with E-state index in [9.17, 15) is 9.18 Å². The van der Waals surface area contributed by atoms with Crippen LogP contribution in [0.3, 0.4) is 0 Å². The predicted octanol–water partition coefficient (Wildman–Crippen LogP) is 3.22. The summed E-state index contributed by atoms with van der Waals surface area (Å²) in [6, 6.07) is 8.23. The Morgan fingerprint density at radius 3 is 2.68 bits per heavy atom. The first kappa shape index (κ1) is 13.1. The van der Waals surface area contributed by atoms with E-state index in [0.29, 0.717) is 6.54 Å². The van der Waals surface area contributed by atoms with E-state index in [0.717, 1.165) is 35.0 Å². The van der Waals surface area contributed by atoms with Gasteiger partial charge >= 0.3 is 0 Å². The number of carbonyl (C=O) groups excluding carboxylic acids is 1. The number of carbonyl (C=O) groups is 1. The van der Waals surface area contributed by atoms with Crippen LogP contribution in [0.25, 0.3) is 22.2 Å². The summed E-state index contributed by atoms with van der Waals surface area (Å²) in [6.45, 7) is 0.294. The van der Waals surface area contributed by atoms with E-state index >= 15 is 0 Å². The van der Waals surface area contributed by atoms with Gasteiger partial charge in [-0.25, -0.2) is 4.39 Å². The van der Waals surface area contributed by atoms with Crippen LogP contribution in [0.4, 0.5) is 4.39 Å². The van der Waals surface area contributed by atoms with Gasteiger partial charge < -0.3 is 0 Å². The topological polar surface area (TPSA) is 47.8 Å². The molecule has 5 heteroatoms.